The third-order valence-corrected chi connectivity index (χ3v) is 1.26. The molecule has 0 spiro atoms. The summed E-state index contributed by atoms with van der Waals surface area (Å²) >= 11 is 0. The molecule has 0 saturated carbocycles. The normalized spacial score (nSPS) is 10.1. The molecule has 0 aliphatic heterocycles. The van der Waals surface area contributed by atoms with Crippen LogP contribution >= 0.6 is 0 Å². The van der Waals surface area contributed by atoms with Crippen LogP contribution < -0.4 is 4.74 Å². The molecule has 0 radical (unpaired) electrons. The van der Waals surface area contributed by atoms with Gasteiger partial charge < -0.3 is 9.26 Å². The molecule has 1 heterocycles. The highest BCUT2D eigenvalue weighted by Gasteiger charge is 2.07. The fraction of sp³-hybridized carbons (Fsp3) is 0.429. The molecule has 4 nitrogen and oxygen atoms in total. The van der Waals surface area contributed by atoms with Gasteiger partial charge in [-0.15, -0.1) is 0 Å². The molecule has 1 rings (SSSR count). The molecule has 0 saturated heterocycles. The van der Waals surface area contributed by atoms with Crippen LogP contribution in [0.25, 0.3) is 0 Å². The van der Waals surface area contributed by atoms with E-state index in [1.807, 2.05) is 13.8 Å². The third-order valence-electron chi connectivity index (χ3n) is 1.26. The summed E-state index contributed by atoms with van der Waals surface area (Å²) in [5, 5.41) is 3.68. The predicted molar refractivity (Wildman–Crippen MR) is 37.3 cm³/mol. The number of hydrogen-bond donors (Lipinski definition) is 0. The van der Waals surface area contributed by atoms with Gasteiger partial charge in [-0.2, -0.15) is 0 Å². The zero-order valence-electron chi connectivity index (χ0n) is 6.40. The Morgan fingerprint density at radius 2 is 2.45 bits per heavy atom. The second-order valence-electron chi connectivity index (χ2n) is 2.44. The summed E-state index contributed by atoms with van der Waals surface area (Å²) in [6, 6.07) is 1.60. The van der Waals surface area contributed by atoms with Gasteiger partial charge in [0.15, 0.2) is 0 Å². The van der Waals surface area contributed by atoms with Crippen molar-refractivity contribution in [2.24, 2.45) is 0 Å². The van der Waals surface area contributed by atoms with Crippen LogP contribution in [0.4, 0.5) is 0 Å². The van der Waals surface area contributed by atoms with Gasteiger partial charge in [-0.25, -0.2) is 0 Å². The van der Waals surface area contributed by atoms with Gasteiger partial charge in [-0.1, -0.05) is 19.0 Å². The number of carbonyl (C=O) groups is 1. The molecule has 0 aliphatic carbocycles. The lowest BCUT2D eigenvalue weighted by Crippen LogP contribution is -1.86. The Labute approximate surface area is 64.1 Å². The lowest BCUT2D eigenvalue weighted by Gasteiger charge is -1.92. The maximum absolute atomic E-state index is 9.84. The monoisotopic (exact) mass is 155 g/mol. The maximum Gasteiger partial charge on any atom is 0.318 e. The van der Waals surface area contributed by atoms with Gasteiger partial charge >= 0.3 is 12.4 Å². The lowest BCUT2D eigenvalue weighted by molar-refractivity contribution is -0.121. The molecule has 60 valence electrons. The van der Waals surface area contributed by atoms with Crippen molar-refractivity contribution in [3.05, 3.63) is 11.8 Å². The van der Waals surface area contributed by atoms with E-state index < -0.39 is 0 Å². The average Bonchev–Trinajstić information content (AvgIpc) is 2.37. The van der Waals surface area contributed by atoms with Crippen LogP contribution in [-0.4, -0.2) is 11.6 Å². The first-order valence-electron chi connectivity index (χ1n) is 3.31. The first kappa shape index (κ1) is 7.78. The summed E-state index contributed by atoms with van der Waals surface area (Å²) in [5.74, 6) is 0.423. The maximum atomic E-state index is 9.84. The van der Waals surface area contributed by atoms with Gasteiger partial charge in [0.2, 0.25) is 0 Å². The fourth-order valence-electron chi connectivity index (χ4n) is 0.646. The summed E-state index contributed by atoms with van der Waals surface area (Å²) < 4.78 is 9.09. The summed E-state index contributed by atoms with van der Waals surface area (Å²) in [5.41, 5.74) is 0.779. The second kappa shape index (κ2) is 3.18. The summed E-state index contributed by atoms with van der Waals surface area (Å²) in [4.78, 5) is 9.84. The van der Waals surface area contributed by atoms with Crippen molar-refractivity contribution in [3.63, 3.8) is 0 Å². The number of carbonyl (C=O) groups excluding carboxylic acids is 1. The Balaban J connectivity index is 2.73. The van der Waals surface area contributed by atoms with Crippen LogP contribution in [0.5, 0.6) is 5.95 Å². The molecule has 0 aromatic carbocycles. The topological polar surface area (TPSA) is 52.3 Å². The van der Waals surface area contributed by atoms with Crippen LogP contribution in [0.2, 0.25) is 0 Å². The van der Waals surface area contributed by atoms with E-state index in [0.29, 0.717) is 6.47 Å². The molecule has 0 atom stereocenters. The number of hydrogen-bond acceptors (Lipinski definition) is 4. The number of aromatic nitrogens is 1. The van der Waals surface area contributed by atoms with Crippen LogP contribution in [0.3, 0.4) is 0 Å². The highest BCUT2D eigenvalue weighted by atomic mass is 16.6. The van der Waals surface area contributed by atoms with Crippen molar-refractivity contribution in [1.82, 2.24) is 5.16 Å². The summed E-state index contributed by atoms with van der Waals surface area (Å²) in [7, 11) is 0. The summed E-state index contributed by atoms with van der Waals surface area (Å²) in [6.07, 6.45) is 0. The number of rotatable bonds is 3. The Bertz CT molecular complexity index is 242. The Kier molecular flexibility index (Phi) is 2.25. The van der Waals surface area contributed by atoms with Crippen LogP contribution in [0, 0.1) is 0 Å². The van der Waals surface area contributed by atoms with Crippen molar-refractivity contribution in [2.45, 2.75) is 19.8 Å². The van der Waals surface area contributed by atoms with Gasteiger partial charge in [-0.3, -0.25) is 4.79 Å². The molecule has 1 aromatic rings. The highest BCUT2D eigenvalue weighted by Crippen LogP contribution is 2.18. The standard InChI is InChI=1S/C7H9NO3/c1-5(2)6-3-7(10-4-9)11-8-6/h3-5H,1-2H3. The molecule has 0 aliphatic rings. The Morgan fingerprint density at radius 3 is 2.91 bits per heavy atom. The van der Waals surface area contributed by atoms with E-state index in [1.165, 1.54) is 0 Å². The van der Waals surface area contributed by atoms with Crippen LogP contribution in [-0.2, 0) is 4.79 Å². The number of ether oxygens (including phenoxy) is 1. The van der Waals surface area contributed by atoms with Crippen molar-refractivity contribution < 1.29 is 14.1 Å². The van der Waals surface area contributed by atoms with E-state index in [-0.39, 0.29) is 11.9 Å². The van der Waals surface area contributed by atoms with Gasteiger partial charge in [0.1, 0.15) is 0 Å². The largest absolute Gasteiger partial charge is 0.393 e. The molecule has 0 amide bonds. The fourth-order valence-corrected chi connectivity index (χ4v) is 0.646. The van der Waals surface area contributed by atoms with Crippen molar-refractivity contribution in [3.8, 4) is 5.95 Å². The molecular weight excluding hydrogens is 146 g/mol. The highest BCUT2D eigenvalue weighted by molar-refractivity contribution is 5.42. The van der Waals surface area contributed by atoms with Crippen LogP contribution in [0.1, 0.15) is 25.5 Å². The lowest BCUT2D eigenvalue weighted by atomic mass is 10.1. The van der Waals surface area contributed by atoms with E-state index >= 15 is 0 Å². The first-order chi connectivity index (χ1) is 5.24. The first-order valence-corrected chi connectivity index (χ1v) is 3.31. The zero-order chi connectivity index (χ0) is 8.27. The van der Waals surface area contributed by atoms with E-state index in [0.717, 1.165) is 5.69 Å². The minimum Gasteiger partial charge on any atom is -0.393 e. The van der Waals surface area contributed by atoms with Gasteiger partial charge in [0, 0.05) is 6.07 Å². The van der Waals surface area contributed by atoms with E-state index in [1.54, 1.807) is 6.07 Å². The van der Waals surface area contributed by atoms with E-state index in [2.05, 4.69) is 14.4 Å². The Hall–Kier alpha value is -1.32. The predicted octanol–water partition coefficient (Wildman–Crippen LogP) is 1.33. The van der Waals surface area contributed by atoms with Gasteiger partial charge in [0.25, 0.3) is 0 Å². The molecule has 0 unspecified atom stereocenters. The molecule has 0 bridgehead atoms. The average molecular weight is 155 g/mol. The van der Waals surface area contributed by atoms with E-state index in [4.69, 9.17) is 0 Å². The number of nitrogens with zero attached hydrogens (tertiary/aromatic N) is 1. The zero-order valence-corrected chi connectivity index (χ0v) is 6.40. The van der Waals surface area contributed by atoms with Gasteiger partial charge in [0.05, 0.1) is 5.69 Å². The smallest absolute Gasteiger partial charge is 0.318 e. The van der Waals surface area contributed by atoms with Crippen LogP contribution in [0.15, 0.2) is 10.6 Å². The molecular formula is C7H9NO3. The molecule has 4 heteroatoms. The van der Waals surface area contributed by atoms with Gasteiger partial charge in [-0.05, 0) is 5.92 Å². The van der Waals surface area contributed by atoms with E-state index in [9.17, 15) is 4.79 Å². The van der Waals surface area contributed by atoms with Crippen molar-refractivity contribution >= 4 is 6.47 Å². The molecule has 0 fully saturated rings. The Morgan fingerprint density at radius 1 is 1.73 bits per heavy atom. The molecule has 1 aromatic heterocycles. The third kappa shape index (κ3) is 1.80. The summed E-state index contributed by atoms with van der Waals surface area (Å²) in [6.45, 7) is 4.26. The molecule has 11 heavy (non-hydrogen) atoms. The second-order valence-corrected chi connectivity index (χ2v) is 2.44. The van der Waals surface area contributed by atoms with Crippen molar-refractivity contribution in [2.75, 3.05) is 0 Å². The SMILES string of the molecule is CC(C)c1cc(OC=O)on1. The molecule has 0 N–H and O–H groups in total. The quantitative estimate of drug-likeness (QED) is 0.618. The minimum atomic E-state index is 0.142. The minimum absolute atomic E-state index is 0.142. The van der Waals surface area contributed by atoms with Crippen molar-refractivity contribution in [1.29, 1.82) is 0 Å².